The maximum Gasteiger partial charge on any atom is 0.256 e. The van der Waals surface area contributed by atoms with Crippen molar-refractivity contribution in [2.24, 2.45) is 14.1 Å². The first-order valence-corrected chi connectivity index (χ1v) is 6.95. The number of nitrogens with one attached hydrogen (secondary N) is 1. The lowest BCUT2D eigenvalue weighted by molar-refractivity contribution is 0.0932. The van der Waals surface area contributed by atoms with Gasteiger partial charge in [0, 0.05) is 25.4 Å². The van der Waals surface area contributed by atoms with Crippen LogP contribution in [0.4, 0.5) is 0 Å². The zero-order valence-corrected chi connectivity index (χ0v) is 12.2. The van der Waals surface area contributed by atoms with Crippen LogP contribution in [-0.2, 0) is 20.5 Å². The molecule has 6 nitrogen and oxygen atoms in total. The summed E-state index contributed by atoms with van der Waals surface area (Å²) < 4.78 is 3.36. The molecule has 2 aromatic heterocycles. The summed E-state index contributed by atoms with van der Waals surface area (Å²) in [5.74, 6) is -0.190. The van der Waals surface area contributed by atoms with Crippen LogP contribution >= 0.6 is 11.6 Å². The first kappa shape index (κ1) is 13.2. The van der Waals surface area contributed by atoms with Crippen LogP contribution in [0.1, 0.15) is 40.5 Å². The monoisotopic (exact) mass is 293 g/mol. The van der Waals surface area contributed by atoms with Crippen molar-refractivity contribution >= 4 is 17.5 Å². The quantitative estimate of drug-likeness (QED) is 0.915. The number of hydrogen-bond acceptors (Lipinski definition) is 3. The Morgan fingerprint density at radius 3 is 2.80 bits per heavy atom. The van der Waals surface area contributed by atoms with Crippen molar-refractivity contribution in [2.75, 3.05) is 0 Å². The first-order chi connectivity index (χ1) is 9.58. The predicted octanol–water partition coefficient (Wildman–Crippen LogP) is 1.61. The molecule has 1 aliphatic carbocycles. The Morgan fingerprint density at radius 1 is 1.35 bits per heavy atom. The molecular formula is C13H16ClN5O. The van der Waals surface area contributed by atoms with Crippen molar-refractivity contribution < 1.29 is 4.79 Å². The van der Waals surface area contributed by atoms with E-state index in [9.17, 15) is 4.79 Å². The zero-order chi connectivity index (χ0) is 14.3. The molecule has 20 heavy (non-hydrogen) atoms. The van der Waals surface area contributed by atoms with Crippen LogP contribution in [0.5, 0.6) is 0 Å². The number of aromatic nitrogens is 4. The van der Waals surface area contributed by atoms with Crippen molar-refractivity contribution in [3.63, 3.8) is 0 Å². The molecule has 2 heterocycles. The van der Waals surface area contributed by atoms with Gasteiger partial charge in [-0.05, 0) is 19.3 Å². The van der Waals surface area contributed by atoms with Gasteiger partial charge in [-0.25, -0.2) is 0 Å². The maximum atomic E-state index is 12.3. The number of hydrogen-bond donors (Lipinski definition) is 1. The lowest BCUT2D eigenvalue weighted by atomic mass is 9.93. The van der Waals surface area contributed by atoms with Crippen molar-refractivity contribution in [3.05, 3.63) is 34.4 Å². The first-order valence-electron chi connectivity index (χ1n) is 6.57. The Labute approximate surface area is 121 Å². The summed E-state index contributed by atoms with van der Waals surface area (Å²) in [7, 11) is 3.64. The highest BCUT2D eigenvalue weighted by Crippen LogP contribution is 2.29. The van der Waals surface area contributed by atoms with E-state index >= 15 is 0 Å². The molecule has 0 aromatic carbocycles. The summed E-state index contributed by atoms with van der Waals surface area (Å²) in [4.78, 5) is 12.3. The van der Waals surface area contributed by atoms with Crippen molar-refractivity contribution in [3.8, 4) is 0 Å². The molecule has 0 unspecified atom stereocenters. The van der Waals surface area contributed by atoms with E-state index in [1.54, 1.807) is 7.05 Å². The van der Waals surface area contributed by atoms with E-state index < -0.39 is 0 Å². The van der Waals surface area contributed by atoms with E-state index in [2.05, 4.69) is 15.5 Å². The fraction of sp³-hybridized carbons (Fsp3) is 0.462. The van der Waals surface area contributed by atoms with Gasteiger partial charge in [0.1, 0.15) is 5.15 Å². The fourth-order valence-electron chi connectivity index (χ4n) is 2.67. The Hall–Kier alpha value is -1.82. The molecule has 1 aliphatic rings. The van der Waals surface area contributed by atoms with Gasteiger partial charge >= 0.3 is 0 Å². The number of rotatable bonds is 2. The van der Waals surface area contributed by atoms with Crippen LogP contribution in [-0.4, -0.2) is 25.5 Å². The van der Waals surface area contributed by atoms with Gasteiger partial charge in [0.2, 0.25) is 0 Å². The molecule has 1 atom stereocenters. The van der Waals surface area contributed by atoms with Crippen LogP contribution in [0.15, 0.2) is 12.4 Å². The predicted molar refractivity (Wildman–Crippen MR) is 74.6 cm³/mol. The fourth-order valence-corrected chi connectivity index (χ4v) is 2.85. The minimum Gasteiger partial charge on any atom is -0.345 e. The molecule has 0 saturated carbocycles. The van der Waals surface area contributed by atoms with E-state index in [1.165, 1.54) is 16.6 Å². The number of aryl methyl sites for hydroxylation is 2. The third-order valence-corrected chi connectivity index (χ3v) is 4.24. The number of amides is 1. The number of nitrogens with zero attached hydrogens (tertiary/aromatic N) is 4. The van der Waals surface area contributed by atoms with E-state index in [0.717, 1.165) is 24.8 Å². The molecule has 7 heteroatoms. The van der Waals surface area contributed by atoms with E-state index in [-0.39, 0.29) is 11.9 Å². The lowest BCUT2D eigenvalue weighted by Gasteiger charge is -2.23. The smallest absolute Gasteiger partial charge is 0.256 e. The maximum absolute atomic E-state index is 12.3. The SMILES string of the molecule is Cn1ncc(C(=O)N[C@H]2CCCc3c2cnn3C)c1Cl. The molecule has 0 spiro atoms. The van der Waals surface area contributed by atoms with Gasteiger partial charge in [0.25, 0.3) is 5.91 Å². The topological polar surface area (TPSA) is 64.7 Å². The third kappa shape index (κ3) is 2.10. The molecule has 1 N–H and O–H groups in total. The second-order valence-electron chi connectivity index (χ2n) is 5.06. The van der Waals surface area contributed by atoms with Crippen LogP contribution in [0.25, 0.3) is 0 Å². The number of carbonyl (C=O) groups excluding carboxylic acids is 1. The minimum atomic E-state index is -0.190. The normalized spacial score (nSPS) is 17.9. The van der Waals surface area contributed by atoms with E-state index in [1.807, 2.05) is 17.9 Å². The van der Waals surface area contributed by atoms with Crippen LogP contribution in [0.2, 0.25) is 5.15 Å². The lowest BCUT2D eigenvalue weighted by Crippen LogP contribution is -2.31. The van der Waals surface area contributed by atoms with Gasteiger partial charge in [0.05, 0.1) is 24.0 Å². The van der Waals surface area contributed by atoms with Crippen molar-refractivity contribution in [1.82, 2.24) is 24.9 Å². The Kier molecular flexibility index (Phi) is 3.25. The highest BCUT2D eigenvalue weighted by Gasteiger charge is 2.26. The Balaban J connectivity index is 1.82. The molecule has 2 aromatic rings. The second kappa shape index (κ2) is 4.94. The molecule has 0 fully saturated rings. The van der Waals surface area contributed by atoms with Gasteiger partial charge in [-0.2, -0.15) is 10.2 Å². The van der Waals surface area contributed by atoms with Gasteiger partial charge in [0.15, 0.2) is 0 Å². The summed E-state index contributed by atoms with van der Waals surface area (Å²) in [5, 5.41) is 11.6. The second-order valence-corrected chi connectivity index (χ2v) is 5.42. The van der Waals surface area contributed by atoms with Gasteiger partial charge in [-0.3, -0.25) is 14.2 Å². The highest BCUT2D eigenvalue weighted by atomic mass is 35.5. The molecular weight excluding hydrogens is 278 g/mol. The molecule has 1 amide bonds. The summed E-state index contributed by atoms with van der Waals surface area (Å²) >= 11 is 6.05. The van der Waals surface area contributed by atoms with Crippen molar-refractivity contribution in [1.29, 1.82) is 0 Å². The average molecular weight is 294 g/mol. The van der Waals surface area contributed by atoms with E-state index in [0.29, 0.717) is 10.7 Å². The third-order valence-electron chi connectivity index (χ3n) is 3.79. The molecule has 0 aliphatic heterocycles. The van der Waals surface area contributed by atoms with Gasteiger partial charge in [-0.1, -0.05) is 11.6 Å². The van der Waals surface area contributed by atoms with Crippen LogP contribution in [0, 0.1) is 0 Å². The summed E-state index contributed by atoms with van der Waals surface area (Å²) in [6, 6.07) is -0.00350. The number of halogens is 1. The van der Waals surface area contributed by atoms with Crippen molar-refractivity contribution in [2.45, 2.75) is 25.3 Å². The van der Waals surface area contributed by atoms with E-state index in [4.69, 9.17) is 11.6 Å². The van der Waals surface area contributed by atoms with Crippen LogP contribution < -0.4 is 5.32 Å². The number of fused-ring (bicyclic) bond motifs is 1. The molecule has 3 rings (SSSR count). The number of carbonyl (C=O) groups is 1. The molecule has 0 radical (unpaired) electrons. The zero-order valence-electron chi connectivity index (χ0n) is 11.4. The molecule has 0 saturated heterocycles. The highest BCUT2D eigenvalue weighted by molar-refractivity contribution is 6.32. The Morgan fingerprint density at radius 2 is 2.10 bits per heavy atom. The summed E-state index contributed by atoms with van der Waals surface area (Å²) in [6.45, 7) is 0. The molecule has 0 bridgehead atoms. The Bertz CT molecular complexity index is 660. The van der Waals surface area contributed by atoms with Gasteiger partial charge in [-0.15, -0.1) is 0 Å². The minimum absolute atomic E-state index is 0.00350. The average Bonchev–Trinajstić information content (AvgIpc) is 2.96. The summed E-state index contributed by atoms with van der Waals surface area (Å²) in [5.41, 5.74) is 2.70. The molecule has 106 valence electrons. The largest absolute Gasteiger partial charge is 0.345 e. The summed E-state index contributed by atoms with van der Waals surface area (Å²) in [6.07, 6.45) is 6.29. The standard InChI is InChI=1S/C13H16ClN5O/c1-18-11-5-3-4-10(8(11)6-15-18)17-13(20)9-7-16-19(2)12(9)14/h6-7,10H,3-5H2,1-2H3,(H,17,20)/t10-/m0/s1. The van der Waals surface area contributed by atoms with Crippen LogP contribution in [0.3, 0.4) is 0 Å². The van der Waals surface area contributed by atoms with Gasteiger partial charge < -0.3 is 5.32 Å².